The van der Waals surface area contributed by atoms with Crippen LogP contribution in [-0.4, -0.2) is 16.9 Å². The Morgan fingerprint density at radius 3 is 2.67 bits per heavy atom. The van der Waals surface area contributed by atoms with Crippen LogP contribution in [0.3, 0.4) is 0 Å². The minimum absolute atomic E-state index is 0.287. The Morgan fingerprint density at radius 1 is 1.14 bits per heavy atom. The van der Waals surface area contributed by atoms with Crippen molar-refractivity contribution in [3.8, 4) is 0 Å². The first-order valence-corrected chi connectivity index (χ1v) is 9.69. The Kier molecular flexibility index (Phi) is 3.97. The Labute approximate surface area is 140 Å². The van der Waals surface area contributed by atoms with E-state index in [2.05, 4.69) is 0 Å². The minimum atomic E-state index is -0.400. The second-order valence-corrected chi connectivity index (χ2v) is 8.61. The van der Waals surface area contributed by atoms with Gasteiger partial charge in [-0.15, -0.1) is 0 Å². The predicted molar refractivity (Wildman–Crippen MR) is 88.0 cm³/mol. The zero-order chi connectivity index (χ0) is 14.6. The van der Waals surface area contributed by atoms with Gasteiger partial charge in [-0.25, -0.2) is 4.79 Å². The smallest absolute Gasteiger partial charge is 0.369 e. The Balaban J connectivity index is 1.28. The number of ether oxygens (including phenoxy) is 2. The van der Waals surface area contributed by atoms with Crippen LogP contribution in [-0.2, 0) is 9.47 Å². The van der Waals surface area contributed by atoms with E-state index >= 15 is 0 Å². The van der Waals surface area contributed by atoms with E-state index < -0.39 is 6.29 Å². The van der Waals surface area contributed by atoms with Gasteiger partial charge in [0.2, 0.25) is 6.29 Å². The number of fused-ring (bicyclic) bond motifs is 9. The fourth-order valence-electron chi connectivity index (χ4n) is 6.58. The molecule has 4 aliphatic carbocycles. The summed E-state index contributed by atoms with van der Waals surface area (Å²) in [5.41, 5.74) is 0. The molecule has 0 amide bonds. The molecular formula is C17H25IO3. The fourth-order valence-corrected chi connectivity index (χ4v) is 6.94. The number of hydrogen-bond donors (Lipinski definition) is 0. The summed E-state index contributed by atoms with van der Waals surface area (Å²) in [6.07, 6.45) is 8.30. The maximum absolute atomic E-state index is 10.9. The molecule has 4 rings (SSSR count). The van der Waals surface area contributed by atoms with Crippen molar-refractivity contribution in [1.82, 2.24) is 0 Å². The molecule has 0 radical (unpaired) electrons. The van der Waals surface area contributed by atoms with Gasteiger partial charge in [-0.3, -0.25) is 0 Å². The number of halogens is 1. The molecule has 21 heavy (non-hydrogen) atoms. The van der Waals surface area contributed by atoms with Gasteiger partial charge < -0.3 is 9.47 Å². The first-order valence-electron chi connectivity index (χ1n) is 8.61. The number of carbonyl (C=O) groups is 1. The topological polar surface area (TPSA) is 35.5 Å². The van der Waals surface area contributed by atoms with E-state index in [9.17, 15) is 4.79 Å². The van der Waals surface area contributed by atoms with E-state index in [1.165, 1.54) is 25.7 Å². The summed E-state index contributed by atoms with van der Waals surface area (Å²) in [6.45, 7) is 2.55. The van der Waals surface area contributed by atoms with E-state index in [1.54, 1.807) is 29.0 Å². The van der Waals surface area contributed by atoms with Crippen LogP contribution in [0.15, 0.2) is 0 Å². The van der Waals surface area contributed by atoms with Crippen molar-refractivity contribution in [2.75, 3.05) is 6.61 Å². The maximum Gasteiger partial charge on any atom is 0.369 e. The molecule has 0 heterocycles. The summed E-state index contributed by atoms with van der Waals surface area (Å²) in [4.78, 5) is 10.9. The summed E-state index contributed by atoms with van der Waals surface area (Å²) in [6, 6.07) is 0. The fraction of sp³-hybridized carbons (Fsp3) is 0.941. The highest BCUT2D eigenvalue weighted by Crippen LogP contribution is 2.69. The van der Waals surface area contributed by atoms with Gasteiger partial charge in [-0.05, 0) is 86.9 Å². The molecule has 0 aromatic heterocycles. The minimum Gasteiger partial charge on any atom is -0.429 e. The monoisotopic (exact) mass is 404 g/mol. The molecule has 4 saturated carbocycles. The molecule has 4 aliphatic rings. The van der Waals surface area contributed by atoms with Crippen LogP contribution in [0.2, 0.25) is 0 Å². The molecule has 0 saturated heterocycles. The highest BCUT2D eigenvalue weighted by Gasteiger charge is 2.61. The Hall–Kier alpha value is 0.160. The van der Waals surface area contributed by atoms with Crippen LogP contribution in [0.25, 0.3) is 0 Å². The summed E-state index contributed by atoms with van der Waals surface area (Å²) in [5, 5.41) is 0. The molecular weight excluding hydrogens is 379 g/mol. The quantitative estimate of drug-likeness (QED) is 0.290. The van der Waals surface area contributed by atoms with Gasteiger partial charge in [-0.1, -0.05) is 0 Å². The lowest BCUT2D eigenvalue weighted by Gasteiger charge is -2.38. The van der Waals surface area contributed by atoms with E-state index in [-0.39, 0.29) is 3.98 Å². The summed E-state index contributed by atoms with van der Waals surface area (Å²) in [7, 11) is 0. The van der Waals surface area contributed by atoms with Gasteiger partial charge in [0, 0.05) is 0 Å². The molecule has 118 valence electrons. The van der Waals surface area contributed by atoms with Crippen molar-refractivity contribution >= 4 is 26.6 Å². The van der Waals surface area contributed by atoms with Crippen LogP contribution >= 0.6 is 22.6 Å². The molecule has 0 aromatic carbocycles. The third-order valence-corrected chi connectivity index (χ3v) is 7.23. The lowest BCUT2D eigenvalue weighted by Crippen LogP contribution is -2.33. The van der Waals surface area contributed by atoms with Crippen molar-refractivity contribution in [3.63, 3.8) is 0 Å². The zero-order valence-corrected chi connectivity index (χ0v) is 14.8. The van der Waals surface area contributed by atoms with E-state index in [1.807, 2.05) is 6.92 Å². The maximum atomic E-state index is 10.9. The lowest BCUT2D eigenvalue weighted by molar-refractivity contribution is -0.0882. The van der Waals surface area contributed by atoms with Gasteiger partial charge in [0.25, 0.3) is 0 Å². The molecule has 4 bridgehead atoms. The third-order valence-electron chi connectivity index (χ3n) is 6.97. The molecule has 8 unspecified atom stereocenters. The Bertz CT molecular complexity index is 426. The standard InChI is InChI=1S/C17H25IO3/c1-9(21-17(18)19)20-5-4-10-6-13-8-14(10)16-12-3-2-11(7-12)15(13)16/h9-16H,2-8H2,1H3. The zero-order valence-electron chi connectivity index (χ0n) is 12.7. The van der Waals surface area contributed by atoms with Crippen LogP contribution in [0.5, 0.6) is 0 Å². The second-order valence-electron chi connectivity index (χ2n) is 7.73. The molecule has 0 aromatic rings. The number of rotatable bonds is 5. The highest BCUT2D eigenvalue weighted by molar-refractivity contribution is 14.1. The van der Waals surface area contributed by atoms with Crippen molar-refractivity contribution in [2.24, 2.45) is 41.4 Å². The molecule has 4 heteroatoms. The van der Waals surface area contributed by atoms with Crippen LogP contribution < -0.4 is 0 Å². The van der Waals surface area contributed by atoms with Crippen molar-refractivity contribution in [1.29, 1.82) is 0 Å². The largest absolute Gasteiger partial charge is 0.429 e. The van der Waals surface area contributed by atoms with E-state index in [0.717, 1.165) is 54.5 Å². The normalized spacial score (nSPS) is 47.6. The van der Waals surface area contributed by atoms with Gasteiger partial charge >= 0.3 is 3.98 Å². The second kappa shape index (κ2) is 5.66. The number of hydrogen-bond acceptors (Lipinski definition) is 3. The molecule has 3 nitrogen and oxygen atoms in total. The average Bonchev–Trinajstić information content (AvgIpc) is 3.16. The third kappa shape index (κ3) is 2.54. The van der Waals surface area contributed by atoms with Gasteiger partial charge in [0.1, 0.15) is 0 Å². The molecule has 0 N–H and O–H groups in total. The van der Waals surface area contributed by atoms with E-state index in [4.69, 9.17) is 9.47 Å². The van der Waals surface area contributed by atoms with Gasteiger partial charge in [0.05, 0.1) is 29.2 Å². The van der Waals surface area contributed by atoms with Crippen LogP contribution in [0.1, 0.15) is 45.4 Å². The SMILES string of the molecule is CC(OCCC1CC2CC1C1C3CCC(C3)C21)OC(=O)I. The van der Waals surface area contributed by atoms with Gasteiger partial charge in [0.15, 0.2) is 0 Å². The molecule has 0 aliphatic heterocycles. The molecule has 4 fully saturated rings. The Morgan fingerprint density at radius 2 is 1.90 bits per heavy atom. The van der Waals surface area contributed by atoms with Crippen molar-refractivity contribution < 1.29 is 14.3 Å². The summed E-state index contributed by atoms with van der Waals surface area (Å²) in [5.74, 6) is 7.22. The predicted octanol–water partition coefficient (Wildman–Crippen LogP) is 4.63. The van der Waals surface area contributed by atoms with Crippen LogP contribution in [0, 0.1) is 41.4 Å². The molecule has 8 atom stereocenters. The lowest BCUT2D eigenvalue weighted by atomic mass is 9.67. The number of carbonyl (C=O) groups excluding carboxylic acids is 1. The van der Waals surface area contributed by atoms with Crippen LogP contribution in [0.4, 0.5) is 4.79 Å². The molecule has 0 spiro atoms. The summed E-state index contributed by atoms with van der Waals surface area (Å²) >= 11 is 1.65. The van der Waals surface area contributed by atoms with Crippen molar-refractivity contribution in [2.45, 2.75) is 51.7 Å². The average molecular weight is 404 g/mol. The first kappa shape index (κ1) is 14.7. The van der Waals surface area contributed by atoms with Gasteiger partial charge in [-0.2, -0.15) is 0 Å². The highest BCUT2D eigenvalue weighted by atomic mass is 127. The first-order chi connectivity index (χ1) is 10.1. The summed E-state index contributed by atoms with van der Waals surface area (Å²) < 4.78 is 10.4. The van der Waals surface area contributed by atoms with Crippen molar-refractivity contribution in [3.05, 3.63) is 0 Å². The van der Waals surface area contributed by atoms with E-state index in [0.29, 0.717) is 0 Å².